The lowest BCUT2D eigenvalue weighted by Crippen LogP contribution is -2.50. The van der Waals surface area contributed by atoms with E-state index in [-0.39, 0.29) is 18.2 Å². The Balaban J connectivity index is 0. The molecule has 21 heavy (non-hydrogen) atoms. The number of allylic oxidation sites excluding steroid dienone is 4. The van der Waals surface area contributed by atoms with Gasteiger partial charge in [0.1, 0.15) is 11.9 Å². The van der Waals surface area contributed by atoms with E-state index in [1.807, 2.05) is 27.7 Å². The van der Waals surface area contributed by atoms with Crippen molar-refractivity contribution >= 4 is 11.8 Å². The van der Waals surface area contributed by atoms with Crippen LogP contribution in [0.4, 0.5) is 4.39 Å². The Labute approximate surface area is 127 Å². The van der Waals surface area contributed by atoms with Crippen LogP contribution in [0.1, 0.15) is 47.5 Å². The molecule has 4 nitrogen and oxygen atoms in total. The monoisotopic (exact) mass is 298 g/mol. The van der Waals surface area contributed by atoms with Crippen molar-refractivity contribution in [2.75, 3.05) is 0 Å². The molecule has 0 spiro atoms. The molecule has 2 amide bonds. The van der Waals surface area contributed by atoms with Gasteiger partial charge in [-0.3, -0.25) is 14.9 Å². The summed E-state index contributed by atoms with van der Waals surface area (Å²) in [4.78, 5) is 22.4. The fourth-order valence-electron chi connectivity index (χ4n) is 1.52. The predicted octanol–water partition coefficient (Wildman–Crippen LogP) is 3.38. The highest BCUT2D eigenvalue weighted by Gasteiger charge is 2.26. The molecular weight excluding hydrogens is 271 g/mol. The highest BCUT2D eigenvalue weighted by Crippen LogP contribution is 2.09. The van der Waals surface area contributed by atoms with E-state index in [2.05, 4.69) is 17.2 Å². The van der Waals surface area contributed by atoms with E-state index in [1.54, 1.807) is 19.1 Å². The molecule has 0 aliphatic carbocycles. The zero-order valence-corrected chi connectivity index (χ0v) is 13.6. The molecule has 1 aliphatic heterocycles. The Hall–Kier alpha value is -1.91. The zero-order chi connectivity index (χ0) is 16.8. The smallest absolute Gasteiger partial charge is 0.249 e. The number of carbonyl (C=O) groups excluding carboxylic acids is 2. The molecule has 1 atom stereocenters. The van der Waals surface area contributed by atoms with Gasteiger partial charge in [0.2, 0.25) is 11.8 Å². The van der Waals surface area contributed by atoms with Gasteiger partial charge in [0, 0.05) is 12.1 Å². The predicted molar refractivity (Wildman–Crippen MR) is 85.1 cm³/mol. The molecule has 5 heteroatoms. The molecule has 1 fully saturated rings. The van der Waals surface area contributed by atoms with E-state index in [9.17, 15) is 14.0 Å². The molecule has 1 heterocycles. The lowest BCUT2D eigenvalue weighted by molar-refractivity contribution is -0.134. The number of imide groups is 1. The Morgan fingerprint density at radius 1 is 1.33 bits per heavy atom. The molecule has 0 aromatic carbocycles. The van der Waals surface area contributed by atoms with E-state index in [4.69, 9.17) is 0 Å². The first-order valence-electron chi connectivity index (χ1n) is 7.32. The molecule has 120 valence electrons. The average molecular weight is 298 g/mol. The third-order valence-corrected chi connectivity index (χ3v) is 2.24. The molecule has 0 aromatic rings. The molecule has 0 saturated carbocycles. The number of halogens is 1. The summed E-state index contributed by atoms with van der Waals surface area (Å²) in [6.07, 6.45) is 5.23. The molecule has 1 aliphatic rings. The third-order valence-electron chi connectivity index (χ3n) is 2.24. The van der Waals surface area contributed by atoms with Gasteiger partial charge in [0.05, 0.1) is 0 Å². The van der Waals surface area contributed by atoms with Gasteiger partial charge >= 0.3 is 0 Å². The van der Waals surface area contributed by atoms with E-state index < -0.39 is 11.9 Å². The summed E-state index contributed by atoms with van der Waals surface area (Å²) in [5, 5.41) is 5.09. The Bertz CT molecular complexity index is 401. The summed E-state index contributed by atoms with van der Waals surface area (Å²) < 4.78 is 12.7. The van der Waals surface area contributed by atoms with E-state index >= 15 is 0 Å². The van der Waals surface area contributed by atoms with Crippen LogP contribution in [0.3, 0.4) is 0 Å². The van der Waals surface area contributed by atoms with E-state index in [1.165, 1.54) is 6.08 Å². The number of hydrogen-bond donors (Lipinski definition) is 2. The first kappa shape index (κ1) is 21.4. The van der Waals surface area contributed by atoms with Crippen molar-refractivity contribution < 1.29 is 14.0 Å². The molecule has 1 rings (SSSR count). The first-order chi connectivity index (χ1) is 10.0. The summed E-state index contributed by atoms with van der Waals surface area (Å²) in [5.74, 6) is -1.27. The largest absolute Gasteiger partial charge is 0.374 e. The third kappa shape index (κ3) is 9.60. The van der Waals surface area contributed by atoms with Gasteiger partial charge in [-0.15, -0.1) is 0 Å². The minimum atomic E-state index is -0.599. The van der Waals surface area contributed by atoms with Crippen molar-refractivity contribution in [1.82, 2.24) is 10.6 Å². The molecule has 1 unspecified atom stereocenters. The molecule has 0 bridgehead atoms. The van der Waals surface area contributed by atoms with E-state index in [0.717, 1.165) is 0 Å². The Morgan fingerprint density at radius 2 is 1.90 bits per heavy atom. The van der Waals surface area contributed by atoms with Gasteiger partial charge in [-0.1, -0.05) is 40.3 Å². The van der Waals surface area contributed by atoms with Crippen molar-refractivity contribution in [3.8, 4) is 0 Å². The van der Waals surface area contributed by atoms with Crippen LogP contribution < -0.4 is 10.6 Å². The van der Waals surface area contributed by atoms with Crippen molar-refractivity contribution in [1.29, 1.82) is 0 Å². The normalized spacial score (nSPS) is 18.0. The number of nitrogens with one attached hydrogen (secondary N) is 2. The van der Waals surface area contributed by atoms with Gasteiger partial charge in [0.25, 0.3) is 0 Å². The van der Waals surface area contributed by atoms with Crippen molar-refractivity contribution in [2.24, 2.45) is 0 Å². The standard InChI is InChI=1S/C12H15FN2O2.2C2H6/c1-3-4-9(7-8(2)13)14-10-5-6-11(16)15-12(10)17;2*1-2/h3-4,7,10,14H,2,5-6H2,1H3,(H,15,16,17);2*1-2H3/b4-3-,9-7+;;. The van der Waals surface area contributed by atoms with Crippen molar-refractivity contribution in [3.05, 3.63) is 36.3 Å². The quantitative estimate of drug-likeness (QED) is 0.618. The fraction of sp³-hybridized carbons (Fsp3) is 0.500. The zero-order valence-electron chi connectivity index (χ0n) is 13.6. The molecule has 1 saturated heterocycles. The molecule has 2 N–H and O–H groups in total. The van der Waals surface area contributed by atoms with Crippen LogP contribution in [-0.4, -0.2) is 17.9 Å². The second kappa shape index (κ2) is 13.1. The summed E-state index contributed by atoms with van der Waals surface area (Å²) in [5.41, 5.74) is 0.453. The van der Waals surface area contributed by atoms with Gasteiger partial charge in [-0.05, 0) is 25.5 Å². The number of amides is 2. The van der Waals surface area contributed by atoms with Crippen LogP contribution in [0.2, 0.25) is 0 Å². The number of hydrogen-bond acceptors (Lipinski definition) is 3. The van der Waals surface area contributed by atoms with Crippen LogP contribution in [0.25, 0.3) is 0 Å². The first-order valence-corrected chi connectivity index (χ1v) is 7.32. The minimum absolute atomic E-state index is 0.278. The van der Waals surface area contributed by atoms with Gasteiger partial charge in [0.15, 0.2) is 0 Å². The summed E-state index contributed by atoms with van der Waals surface area (Å²) >= 11 is 0. The second-order valence-corrected chi connectivity index (χ2v) is 3.69. The number of carbonyl (C=O) groups is 2. The van der Waals surface area contributed by atoms with Crippen LogP contribution in [0.15, 0.2) is 36.3 Å². The highest BCUT2D eigenvalue weighted by atomic mass is 19.1. The Kier molecular flexibility index (Phi) is 13.3. The summed E-state index contributed by atoms with van der Waals surface area (Å²) in [6.45, 7) is 12.9. The van der Waals surface area contributed by atoms with Gasteiger partial charge in [-0.25, -0.2) is 4.39 Å². The van der Waals surface area contributed by atoms with Crippen LogP contribution in [0.5, 0.6) is 0 Å². The maximum atomic E-state index is 12.7. The summed E-state index contributed by atoms with van der Waals surface area (Å²) in [7, 11) is 0. The second-order valence-electron chi connectivity index (χ2n) is 3.69. The Morgan fingerprint density at radius 3 is 2.33 bits per heavy atom. The van der Waals surface area contributed by atoms with Crippen molar-refractivity contribution in [3.63, 3.8) is 0 Å². The average Bonchev–Trinajstić information content (AvgIpc) is 2.46. The molecule has 0 aromatic heterocycles. The van der Waals surface area contributed by atoms with Gasteiger partial charge in [-0.2, -0.15) is 0 Å². The number of piperidine rings is 1. The highest BCUT2D eigenvalue weighted by molar-refractivity contribution is 6.00. The van der Waals surface area contributed by atoms with Crippen LogP contribution in [-0.2, 0) is 9.59 Å². The lowest BCUT2D eigenvalue weighted by Gasteiger charge is -2.23. The van der Waals surface area contributed by atoms with Gasteiger partial charge < -0.3 is 5.32 Å². The van der Waals surface area contributed by atoms with Crippen LogP contribution >= 0.6 is 0 Å². The lowest BCUT2D eigenvalue weighted by atomic mass is 10.1. The maximum Gasteiger partial charge on any atom is 0.249 e. The maximum absolute atomic E-state index is 12.7. The number of rotatable bonds is 4. The minimum Gasteiger partial charge on any atom is -0.374 e. The SMILES string of the molecule is C=C(F)/C=C(\C=C/C)NC1CCC(=O)NC1=O.CC.CC. The molecular formula is C16H27FN2O2. The fourth-order valence-corrected chi connectivity index (χ4v) is 1.52. The van der Waals surface area contributed by atoms with Crippen molar-refractivity contribution in [2.45, 2.75) is 53.5 Å². The van der Waals surface area contributed by atoms with E-state index in [0.29, 0.717) is 12.1 Å². The summed E-state index contributed by atoms with van der Waals surface area (Å²) in [6, 6.07) is -0.519. The molecule has 0 radical (unpaired) electrons. The topological polar surface area (TPSA) is 58.2 Å². The van der Waals surface area contributed by atoms with Crippen LogP contribution in [0, 0.1) is 0 Å².